The molecule has 0 saturated carbocycles. The largest absolute Gasteiger partial charge is 0.513 e. The Bertz CT molecular complexity index is 393. The topological polar surface area (TPSA) is 12.5 Å². The van der Waals surface area contributed by atoms with E-state index in [9.17, 15) is 12.9 Å². The fraction of sp³-hybridized carbons (Fsp3) is 0.500. The van der Waals surface area contributed by atoms with Crippen LogP contribution in [0.15, 0.2) is 18.2 Å². The number of hydrogen-bond donors (Lipinski definition) is 0. The van der Waals surface area contributed by atoms with Crippen molar-refractivity contribution >= 4 is 12.4 Å². The highest BCUT2D eigenvalue weighted by molar-refractivity contribution is 6.74. The Morgan fingerprint density at radius 3 is 2.44 bits per heavy atom. The van der Waals surface area contributed by atoms with Gasteiger partial charge in [-0.3, -0.25) is 0 Å². The molecule has 0 radical (unpaired) electrons. The monoisotopic (exact) mass is 260 g/mol. The number of ether oxygens (including phenoxy) is 1. The standard InChI is InChI=1S/C12H18BF3NO/c1-10-5-6-12(11(9-10)13(14,15)16)18-8-4-7-17(2)3/h5-6,9H,4,7-8H2,1-3H3/q-1. The van der Waals surface area contributed by atoms with Gasteiger partial charge in [0.25, 0.3) is 0 Å². The SMILES string of the molecule is Cc1ccc(OCCCN(C)C)c([B-](F)(F)F)c1. The average Bonchev–Trinajstić information content (AvgIpc) is 2.24. The van der Waals surface area contributed by atoms with Gasteiger partial charge in [0.05, 0.1) is 12.4 Å². The summed E-state index contributed by atoms with van der Waals surface area (Å²) in [5.41, 5.74) is -0.0512. The van der Waals surface area contributed by atoms with Crippen LogP contribution in [0, 0.1) is 6.92 Å². The van der Waals surface area contributed by atoms with Crippen LogP contribution in [0.2, 0.25) is 0 Å². The lowest BCUT2D eigenvalue weighted by Crippen LogP contribution is -2.35. The predicted octanol–water partition coefficient (Wildman–Crippen LogP) is 2.38. The van der Waals surface area contributed by atoms with E-state index in [-0.39, 0.29) is 5.75 Å². The summed E-state index contributed by atoms with van der Waals surface area (Å²) in [5.74, 6) is -0.0631. The maximum Gasteiger partial charge on any atom is 0.513 e. The molecule has 0 aliphatic heterocycles. The Morgan fingerprint density at radius 1 is 1.22 bits per heavy atom. The Morgan fingerprint density at radius 2 is 1.89 bits per heavy atom. The average molecular weight is 260 g/mol. The van der Waals surface area contributed by atoms with Crippen molar-refractivity contribution < 1.29 is 17.7 Å². The van der Waals surface area contributed by atoms with Crippen molar-refractivity contribution in [2.75, 3.05) is 27.2 Å². The fourth-order valence-corrected chi connectivity index (χ4v) is 1.62. The highest BCUT2D eigenvalue weighted by Crippen LogP contribution is 2.19. The van der Waals surface area contributed by atoms with Crippen molar-refractivity contribution in [1.82, 2.24) is 4.90 Å². The Kier molecular flexibility index (Phi) is 5.08. The van der Waals surface area contributed by atoms with Crippen LogP contribution in [0.1, 0.15) is 12.0 Å². The summed E-state index contributed by atoms with van der Waals surface area (Å²) in [6.45, 7) is -2.30. The van der Waals surface area contributed by atoms with Crippen LogP contribution >= 0.6 is 0 Å². The summed E-state index contributed by atoms with van der Waals surface area (Å²) >= 11 is 0. The molecular weight excluding hydrogens is 242 g/mol. The summed E-state index contributed by atoms with van der Waals surface area (Å²) in [5, 5.41) is 0. The van der Waals surface area contributed by atoms with E-state index < -0.39 is 12.4 Å². The molecule has 0 N–H and O–H groups in total. The van der Waals surface area contributed by atoms with Gasteiger partial charge in [-0.05, 0) is 33.5 Å². The Labute approximate surface area is 106 Å². The van der Waals surface area contributed by atoms with Gasteiger partial charge in [-0.1, -0.05) is 23.2 Å². The van der Waals surface area contributed by atoms with Crippen molar-refractivity contribution in [1.29, 1.82) is 0 Å². The Hall–Kier alpha value is -1.17. The van der Waals surface area contributed by atoms with Crippen molar-refractivity contribution in [3.63, 3.8) is 0 Å². The highest BCUT2D eigenvalue weighted by atomic mass is 19.4. The van der Waals surface area contributed by atoms with Gasteiger partial charge in [0.15, 0.2) is 0 Å². The number of rotatable bonds is 6. The summed E-state index contributed by atoms with van der Waals surface area (Å²) in [7, 11) is 3.83. The number of hydrogen-bond acceptors (Lipinski definition) is 2. The van der Waals surface area contributed by atoms with E-state index >= 15 is 0 Å². The second kappa shape index (κ2) is 6.13. The number of benzene rings is 1. The maximum absolute atomic E-state index is 12.8. The lowest BCUT2D eigenvalue weighted by Gasteiger charge is -2.20. The molecule has 2 nitrogen and oxygen atoms in total. The van der Waals surface area contributed by atoms with Crippen LogP contribution < -0.4 is 10.2 Å². The molecule has 0 fully saturated rings. The van der Waals surface area contributed by atoms with Crippen LogP contribution in [0.5, 0.6) is 5.75 Å². The molecule has 1 rings (SSSR count). The fourth-order valence-electron chi connectivity index (χ4n) is 1.62. The summed E-state index contributed by atoms with van der Waals surface area (Å²) in [6.07, 6.45) is 0.700. The molecule has 1 aromatic rings. The lowest BCUT2D eigenvalue weighted by molar-refractivity contribution is 0.282. The summed E-state index contributed by atoms with van der Waals surface area (Å²) in [6, 6.07) is 4.17. The van der Waals surface area contributed by atoms with Crippen molar-refractivity contribution in [3.05, 3.63) is 23.8 Å². The molecule has 0 aliphatic carbocycles. The van der Waals surface area contributed by atoms with E-state index in [1.807, 2.05) is 19.0 Å². The van der Waals surface area contributed by atoms with E-state index in [4.69, 9.17) is 4.74 Å². The minimum absolute atomic E-state index is 0.0631. The first kappa shape index (κ1) is 14.9. The molecule has 0 amide bonds. The van der Waals surface area contributed by atoms with Gasteiger partial charge in [0.1, 0.15) is 0 Å². The van der Waals surface area contributed by atoms with Crippen LogP contribution in [-0.2, 0) is 0 Å². The third kappa shape index (κ3) is 4.60. The molecule has 0 saturated heterocycles. The molecule has 1 aromatic carbocycles. The van der Waals surface area contributed by atoms with Gasteiger partial charge in [-0.25, -0.2) is 0 Å². The molecule has 0 aliphatic rings. The van der Waals surface area contributed by atoms with Crippen molar-refractivity contribution in [3.8, 4) is 5.75 Å². The summed E-state index contributed by atoms with van der Waals surface area (Å²) < 4.78 is 43.8. The number of nitrogens with zero attached hydrogens (tertiary/aromatic N) is 1. The van der Waals surface area contributed by atoms with Gasteiger partial charge in [-0.2, -0.15) is 0 Å². The lowest BCUT2D eigenvalue weighted by atomic mass is 9.78. The zero-order valence-electron chi connectivity index (χ0n) is 10.9. The van der Waals surface area contributed by atoms with Crippen LogP contribution in [0.4, 0.5) is 12.9 Å². The predicted molar refractivity (Wildman–Crippen MR) is 68.6 cm³/mol. The minimum Gasteiger partial charge on any atom is -0.497 e. The van der Waals surface area contributed by atoms with E-state index in [0.717, 1.165) is 12.6 Å². The first-order valence-electron chi connectivity index (χ1n) is 5.88. The third-order valence-electron chi connectivity index (χ3n) is 2.53. The molecule has 0 atom stereocenters. The van der Waals surface area contributed by atoms with Crippen LogP contribution in [0.25, 0.3) is 0 Å². The molecule has 0 spiro atoms. The number of aryl methyl sites for hydroxylation is 1. The highest BCUT2D eigenvalue weighted by Gasteiger charge is 2.29. The quantitative estimate of drug-likeness (QED) is 0.575. The van der Waals surface area contributed by atoms with Crippen molar-refractivity contribution in [2.45, 2.75) is 13.3 Å². The van der Waals surface area contributed by atoms with Gasteiger partial charge in [-0.15, -0.1) is 0 Å². The molecule has 0 unspecified atom stereocenters. The van der Waals surface area contributed by atoms with Gasteiger partial charge < -0.3 is 22.6 Å². The Balaban J connectivity index is 2.70. The van der Waals surface area contributed by atoms with Crippen LogP contribution in [0.3, 0.4) is 0 Å². The summed E-state index contributed by atoms with van der Waals surface area (Å²) in [4.78, 5) is 1.97. The van der Waals surface area contributed by atoms with E-state index in [2.05, 4.69) is 0 Å². The molecule has 102 valence electrons. The molecule has 6 heteroatoms. The molecule has 0 aromatic heterocycles. The van der Waals surface area contributed by atoms with Gasteiger partial charge in [0.2, 0.25) is 0 Å². The van der Waals surface area contributed by atoms with E-state index in [1.54, 1.807) is 13.0 Å². The van der Waals surface area contributed by atoms with Gasteiger partial charge >= 0.3 is 6.98 Å². The third-order valence-corrected chi connectivity index (χ3v) is 2.53. The smallest absolute Gasteiger partial charge is 0.497 e. The first-order valence-corrected chi connectivity index (χ1v) is 5.88. The van der Waals surface area contributed by atoms with E-state index in [0.29, 0.717) is 18.6 Å². The zero-order chi connectivity index (χ0) is 13.8. The molecule has 0 heterocycles. The second-order valence-electron chi connectivity index (χ2n) is 4.62. The van der Waals surface area contributed by atoms with Gasteiger partial charge in [0, 0.05) is 6.54 Å². The normalized spacial score (nSPS) is 11.9. The second-order valence-corrected chi connectivity index (χ2v) is 4.62. The van der Waals surface area contributed by atoms with Crippen molar-refractivity contribution in [2.24, 2.45) is 0 Å². The first-order chi connectivity index (χ1) is 8.30. The maximum atomic E-state index is 12.8. The number of halogens is 3. The molecular formula is C12H18BF3NO-. The van der Waals surface area contributed by atoms with E-state index in [1.165, 1.54) is 6.07 Å². The zero-order valence-corrected chi connectivity index (χ0v) is 10.9. The molecule has 18 heavy (non-hydrogen) atoms. The van der Waals surface area contributed by atoms with Crippen LogP contribution in [-0.4, -0.2) is 39.1 Å². The minimum atomic E-state index is -5.03. The molecule has 0 bridgehead atoms.